The van der Waals surface area contributed by atoms with Crippen LogP contribution in [0.1, 0.15) is 41.0 Å². The summed E-state index contributed by atoms with van der Waals surface area (Å²) in [4.78, 5) is 41.9. The van der Waals surface area contributed by atoms with Gasteiger partial charge in [0.25, 0.3) is 0 Å². The molecule has 38 heavy (non-hydrogen) atoms. The molecule has 0 fully saturated rings. The van der Waals surface area contributed by atoms with E-state index in [9.17, 15) is 24.6 Å². The number of alkyl halides is 1. The average molecular weight is 539 g/mol. The number of hydrogen-bond donors (Lipinski definition) is 5. The number of nitrogens with zero attached hydrogens (tertiary/aromatic N) is 2. The standard InChI is InChI=1S/C27H27ClN4O6/c28-11-25(35)32-14-17-4-5-19(33)9-22(17)23(15-32)21-7-6-20(34)10-24(21)31-27(38)30-18-8-16(12-29-13-18)2-1-3-26(36)37/h4-10,12-13,23,33-34H,1-3,11,14-15H2,(H,36,37)(H2,30,31,38). The lowest BCUT2D eigenvalue weighted by atomic mass is 9.83. The topological polar surface area (TPSA) is 152 Å². The number of aromatic nitrogens is 1. The van der Waals surface area contributed by atoms with Gasteiger partial charge in [0.2, 0.25) is 5.91 Å². The number of nitrogens with one attached hydrogen (secondary N) is 2. The number of phenolic OH excluding ortho intramolecular Hbond substituents is 2. The predicted octanol–water partition coefficient (Wildman–Crippen LogP) is 4.26. The lowest BCUT2D eigenvalue weighted by Gasteiger charge is -2.35. The number of aliphatic carboxylic acids is 1. The summed E-state index contributed by atoms with van der Waals surface area (Å²) in [6.45, 7) is 0.611. The van der Waals surface area contributed by atoms with Gasteiger partial charge in [0.15, 0.2) is 0 Å². The number of carboxylic acid groups (broad SMARTS) is 1. The number of amides is 3. The maximum Gasteiger partial charge on any atom is 0.323 e. The molecule has 0 radical (unpaired) electrons. The average Bonchev–Trinajstić information content (AvgIpc) is 2.88. The normalized spacial score (nSPS) is 14.4. The van der Waals surface area contributed by atoms with Crippen LogP contribution in [0.2, 0.25) is 0 Å². The highest BCUT2D eigenvalue weighted by molar-refractivity contribution is 6.27. The maximum absolute atomic E-state index is 12.9. The fourth-order valence-electron chi connectivity index (χ4n) is 4.56. The van der Waals surface area contributed by atoms with E-state index in [2.05, 4.69) is 15.6 Å². The molecule has 2 aromatic carbocycles. The van der Waals surface area contributed by atoms with Crippen LogP contribution in [0.15, 0.2) is 54.9 Å². The molecule has 0 saturated heterocycles. The largest absolute Gasteiger partial charge is 0.508 e. The molecule has 0 bridgehead atoms. The summed E-state index contributed by atoms with van der Waals surface area (Å²) in [7, 11) is 0. The molecule has 1 unspecified atom stereocenters. The van der Waals surface area contributed by atoms with Crippen molar-refractivity contribution in [3.8, 4) is 11.5 Å². The van der Waals surface area contributed by atoms with Gasteiger partial charge in [-0.25, -0.2) is 4.79 Å². The molecule has 1 aliphatic rings. The molecule has 0 aliphatic carbocycles. The fourth-order valence-corrected chi connectivity index (χ4v) is 4.73. The van der Waals surface area contributed by atoms with E-state index in [1.54, 1.807) is 41.4 Å². The van der Waals surface area contributed by atoms with Crippen molar-refractivity contribution in [2.45, 2.75) is 31.7 Å². The number of rotatable bonds is 8. The summed E-state index contributed by atoms with van der Waals surface area (Å²) in [5, 5.41) is 34.6. The van der Waals surface area contributed by atoms with Crippen LogP contribution < -0.4 is 10.6 Å². The van der Waals surface area contributed by atoms with Gasteiger partial charge in [-0.1, -0.05) is 12.1 Å². The molecule has 198 valence electrons. The van der Waals surface area contributed by atoms with Crippen molar-refractivity contribution in [1.82, 2.24) is 9.88 Å². The van der Waals surface area contributed by atoms with E-state index in [1.165, 1.54) is 18.3 Å². The second-order valence-corrected chi connectivity index (χ2v) is 9.29. The number of phenols is 2. The van der Waals surface area contributed by atoms with E-state index < -0.39 is 17.9 Å². The van der Waals surface area contributed by atoms with Gasteiger partial charge in [0, 0.05) is 43.4 Å². The Labute approximate surface area is 223 Å². The molecular formula is C27H27ClN4O6. The molecule has 2 heterocycles. The second kappa shape index (κ2) is 11.8. The predicted molar refractivity (Wildman–Crippen MR) is 142 cm³/mol. The van der Waals surface area contributed by atoms with Crippen molar-refractivity contribution in [3.63, 3.8) is 0 Å². The third kappa shape index (κ3) is 6.51. The molecule has 3 aromatic rings. The summed E-state index contributed by atoms with van der Waals surface area (Å²) >= 11 is 5.82. The first-order valence-corrected chi connectivity index (χ1v) is 12.5. The molecule has 4 rings (SSSR count). The van der Waals surface area contributed by atoms with Gasteiger partial charge in [-0.05, 0) is 59.4 Å². The number of urea groups is 1. The zero-order valence-electron chi connectivity index (χ0n) is 20.4. The van der Waals surface area contributed by atoms with Crippen LogP contribution in [0, 0.1) is 0 Å². The molecule has 10 nitrogen and oxygen atoms in total. The van der Waals surface area contributed by atoms with Crippen molar-refractivity contribution in [1.29, 1.82) is 0 Å². The van der Waals surface area contributed by atoms with E-state index in [1.807, 2.05) is 0 Å². The Morgan fingerprint density at radius 3 is 2.53 bits per heavy atom. The van der Waals surface area contributed by atoms with Crippen LogP contribution in [0.3, 0.4) is 0 Å². The molecule has 1 aliphatic heterocycles. The van der Waals surface area contributed by atoms with Gasteiger partial charge in [0.05, 0.1) is 11.9 Å². The Morgan fingerprint density at radius 2 is 1.76 bits per heavy atom. The minimum absolute atomic E-state index is 0.0361. The maximum atomic E-state index is 12.9. The summed E-state index contributed by atoms with van der Waals surface area (Å²) in [6, 6.07) is 10.7. The van der Waals surface area contributed by atoms with E-state index in [0.717, 1.165) is 16.7 Å². The third-order valence-electron chi connectivity index (χ3n) is 6.31. The molecule has 1 atom stereocenters. The van der Waals surface area contributed by atoms with Gasteiger partial charge in [-0.3, -0.25) is 14.6 Å². The van der Waals surface area contributed by atoms with E-state index >= 15 is 0 Å². The van der Waals surface area contributed by atoms with Crippen LogP contribution in [0.4, 0.5) is 16.2 Å². The first kappa shape index (κ1) is 26.7. The number of aryl methyl sites for hydroxylation is 1. The minimum Gasteiger partial charge on any atom is -0.508 e. The number of pyridine rings is 1. The lowest BCUT2D eigenvalue weighted by Crippen LogP contribution is -2.39. The van der Waals surface area contributed by atoms with Gasteiger partial charge >= 0.3 is 12.0 Å². The van der Waals surface area contributed by atoms with E-state index in [0.29, 0.717) is 36.3 Å². The first-order valence-electron chi connectivity index (χ1n) is 12.0. The molecule has 3 amide bonds. The highest BCUT2D eigenvalue weighted by Gasteiger charge is 2.31. The minimum atomic E-state index is -0.875. The van der Waals surface area contributed by atoms with Crippen LogP contribution in [-0.4, -0.2) is 55.5 Å². The smallest absolute Gasteiger partial charge is 0.323 e. The van der Waals surface area contributed by atoms with Crippen molar-refractivity contribution in [2.75, 3.05) is 23.1 Å². The monoisotopic (exact) mass is 538 g/mol. The highest BCUT2D eigenvalue weighted by Crippen LogP contribution is 2.39. The zero-order chi connectivity index (χ0) is 27.2. The molecule has 5 N–H and O–H groups in total. The molecule has 0 saturated carbocycles. The number of anilines is 2. The number of carbonyl (C=O) groups is 3. The highest BCUT2D eigenvalue weighted by atomic mass is 35.5. The van der Waals surface area contributed by atoms with Gasteiger partial charge in [-0.2, -0.15) is 0 Å². The van der Waals surface area contributed by atoms with Crippen molar-refractivity contribution in [3.05, 3.63) is 77.1 Å². The second-order valence-electron chi connectivity index (χ2n) is 9.02. The number of benzene rings is 2. The Bertz CT molecular complexity index is 1370. The summed E-state index contributed by atoms with van der Waals surface area (Å²) < 4.78 is 0. The van der Waals surface area contributed by atoms with Gasteiger partial charge in [-0.15, -0.1) is 11.6 Å². The summed E-state index contributed by atoms with van der Waals surface area (Å²) in [5.41, 5.74) is 3.81. The van der Waals surface area contributed by atoms with E-state index in [4.69, 9.17) is 16.7 Å². The zero-order valence-corrected chi connectivity index (χ0v) is 21.1. The van der Waals surface area contributed by atoms with Gasteiger partial charge in [0.1, 0.15) is 17.4 Å². The molecule has 1 aromatic heterocycles. The Morgan fingerprint density at radius 1 is 1.00 bits per heavy atom. The summed E-state index contributed by atoms with van der Waals surface area (Å²) in [6.07, 6.45) is 4.07. The third-order valence-corrected chi connectivity index (χ3v) is 6.53. The molecule has 0 spiro atoms. The first-order chi connectivity index (χ1) is 18.2. The number of aromatic hydroxyl groups is 2. The van der Waals surface area contributed by atoms with Crippen LogP contribution >= 0.6 is 11.6 Å². The SMILES string of the molecule is O=C(O)CCCc1cncc(NC(=O)Nc2cc(O)ccc2C2CN(C(=O)CCl)Cc3ccc(O)cc32)c1. The van der Waals surface area contributed by atoms with Crippen LogP contribution in [0.5, 0.6) is 11.5 Å². The Kier molecular flexibility index (Phi) is 8.32. The Balaban J connectivity index is 1.58. The van der Waals surface area contributed by atoms with Crippen molar-refractivity contribution >= 4 is 40.9 Å². The lowest BCUT2D eigenvalue weighted by molar-refractivity contribution is -0.137. The quantitative estimate of drug-likeness (QED) is 0.269. The van der Waals surface area contributed by atoms with Crippen LogP contribution in [-0.2, 0) is 22.6 Å². The fraction of sp³-hybridized carbons (Fsp3) is 0.259. The van der Waals surface area contributed by atoms with Crippen molar-refractivity contribution < 1.29 is 29.7 Å². The summed E-state index contributed by atoms with van der Waals surface area (Å²) in [5.74, 6) is -1.68. The number of carboxylic acids is 1. The number of fused-ring (bicyclic) bond motifs is 1. The van der Waals surface area contributed by atoms with Crippen LogP contribution in [0.25, 0.3) is 0 Å². The van der Waals surface area contributed by atoms with Crippen molar-refractivity contribution in [2.24, 2.45) is 0 Å². The number of hydrogen-bond acceptors (Lipinski definition) is 6. The molecule has 11 heteroatoms. The Hall–Kier alpha value is -4.31. The number of carbonyl (C=O) groups excluding carboxylic acids is 2. The van der Waals surface area contributed by atoms with E-state index in [-0.39, 0.29) is 36.3 Å². The molecular weight excluding hydrogens is 512 g/mol. The van der Waals surface area contributed by atoms with Gasteiger partial charge < -0.3 is 30.9 Å². The number of halogens is 1.